The number of nitrogens with zero attached hydrogens (tertiary/aromatic N) is 5. The first-order chi connectivity index (χ1) is 15.4. The maximum absolute atomic E-state index is 13.2. The Morgan fingerprint density at radius 2 is 1.94 bits per heavy atom. The maximum atomic E-state index is 13.2. The Morgan fingerprint density at radius 3 is 2.59 bits per heavy atom. The first kappa shape index (κ1) is 22.3. The van der Waals surface area contributed by atoms with Gasteiger partial charge in [0.05, 0.1) is 37.0 Å². The predicted molar refractivity (Wildman–Crippen MR) is 122 cm³/mol. The highest BCUT2D eigenvalue weighted by atomic mass is 32.2. The molecule has 0 aliphatic carbocycles. The molecule has 2 aromatic carbocycles. The number of para-hydroxylation sites is 1. The van der Waals surface area contributed by atoms with Gasteiger partial charge in [0.15, 0.2) is 9.84 Å². The smallest absolute Gasteiger partial charge is 0.237 e. The van der Waals surface area contributed by atoms with Crippen LogP contribution in [-0.4, -0.2) is 64.9 Å². The number of thioether (sulfide) groups is 1. The zero-order chi connectivity index (χ0) is 22.6. The third-order valence-corrected chi connectivity index (χ3v) is 7.88. The predicted octanol–water partition coefficient (Wildman–Crippen LogP) is 2.04. The Bertz CT molecular complexity index is 1170. The number of carbonyl (C=O) groups is 1. The van der Waals surface area contributed by atoms with E-state index in [2.05, 4.69) is 15.5 Å². The summed E-state index contributed by atoms with van der Waals surface area (Å²) >= 11 is 1.23. The van der Waals surface area contributed by atoms with Crippen LogP contribution in [0, 0.1) is 0 Å². The molecule has 168 valence electrons. The van der Waals surface area contributed by atoms with Crippen LogP contribution in [0.1, 0.15) is 12.0 Å². The molecule has 1 aromatic heterocycles. The highest BCUT2D eigenvalue weighted by Crippen LogP contribution is 2.26. The van der Waals surface area contributed by atoms with Crippen molar-refractivity contribution in [2.45, 2.75) is 24.2 Å². The molecule has 0 N–H and O–H groups in total. The van der Waals surface area contributed by atoms with E-state index in [1.807, 2.05) is 54.6 Å². The van der Waals surface area contributed by atoms with Crippen LogP contribution in [0.15, 0.2) is 59.8 Å². The van der Waals surface area contributed by atoms with Gasteiger partial charge in [0, 0.05) is 5.69 Å². The maximum Gasteiger partial charge on any atom is 0.237 e. The molecule has 4 rings (SSSR count). The van der Waals surface area contributed by atoms with Crippen LogP contribution in [0.2, 0.25) is 0 Å². The van der Waals surface area contributed by atoms with Crippen LogP contribution in [0.25, 0.3) is 0 Å². The number of rotatable bonds is 8. The van der Waals surface area contributed by atoms with Crippen molar-refractivity contribution in [2.75, 3.05) is 29.3 Å². The van der Waals surface area contributed by atoms with Crippen molar-refractivity contribution >= 4 is 33.2 Å². The molecular weight excluding hydrogens is 450 g/mol. The number of benzene rings is 2. The lowest BCUT2D eigenvalue weighted by Gasteiger charge is -2.28. The SMILES string of the molecule is COc1ccc(Cn2nnnc2SCC(=O)N(c2ccccc2)C2CCS(=O)(=O)C2)cc1. The number of hydrogen-bond acceptors (Lipinski definition) is 8. The van der Waals surface area contributed by atoms with E-state index < -0.39 is 9.84 Å². The average Bonchev–Trinajstić information content (AvgIpc) is 3.39. The summed E-state index contributed by atoms with van der Waals surface area (Å²) in [5.41, 5.74) is 1.69. The van der Waals surface area contributed by atoms with E-state index in [9.17, 15) is 13.2 Å². The monoisotopic (exact) mass is 473 g/mol. The standard InChI is InChI=1S/C21H23N5O4S2/c1-30-19-9-7-16(8-10-19)13-25-21(22-23-24-25)31-14-20(27)26(17-5-3-2-4-6-17)18-11-12-32(28,29)15-18/h2-10,18H,11-15H2,1H3. The number of sulfone groups is 1. The molecule has 1 aliphatic rings. The van der Waals surface area contributed by atoms with Crippen LogP contribution in [0.3, 0.4) is 0 Å². The van der Waals surface area contributed by atoms with E-state index in [4.69, 9.17) is 4.74 Å². The Kier molecular flexibility index (Phi) is 6.75. The van der Waals surface area contributed by atoms with Crippen LogP contribution >= 0.6 is 11.8 Å². The van der Waals surface area contributed by atoms with Gasteiger partial charge in [-0.15, -0.1) is 5.10 Å². The van der Waals surface area contributed by atoms with Gasteiger partial charge in [0.1, 0.15) is 5.75 Å². The number of methoxy groups -OCH3 is 1. The first-order valence-corrected chi connectivity index (χ1v) is 12.9. The summed E-state index contributed by atoms with van der Waals surface area (Å²) in [7, 11) is -1.52. The van der Waals surface area contributed by atoms with Gasteiger partial charge in [0.2, 0.25) is 11.1 Å². The van der Waals surface area contributed by atoms with Crippen molar-refractivity contribution in [3.8, 4) is 5.75 Å². The van der Waals surface area contributed by atoms with E-state index in [-0.39, 0.29) is 29.2 Å². The summed E-state index contributed by atoms with van der Waals surface area (Å²) in [6.45, 7) is 0.455. The lowest BCUT2D eigenvalue weighted by Crippen LogP contribution is -2.42. The van der Waals surface area contributed by atoms with Crippen LogP contribution in [0.5, 0.6) is 5.75 Å². The Morgan fingerprint density at radius 1 is 1.19 bits per heavy atom. The van der Waals surface area contributed by atoms with Crippen LogP contribution < -0.4 is 9.64 Å². The molecule has 1 unspecified atom stereocenters. The Hall–Kier alpha value is -2.92. The molecule has 0 bridgehead atoms. The molecule has 1 atom stereocenters. The van der Waals surface area contributed by atoms with Gasteiger partial charge in [-0.25, -0.2) is 13.1 Å². The number of tetrazole rings is 1. The minimum absolute atomic E-state index is 0.0203. The Balaban J connectivity index is 1.46. The van der Waals surface area contributed by atoms with E-state index in [1.165, 1.54) is 11.8 Å². The van der Waals surface area contributed by atoms with E-state index in [0.29, 0.717) is 23.8 Å². The van der Waals surface area contributed by atoms with Gasteiger partial charge < -0.3 is 9.64 Å². The molecule has 1 saturated heterocycles. The van der Waals surface area contributed by atoms with E-state index in [1.54, 1.807) is 16.7 Å². The molecule has 3 aromatic rings. The lowest BCUT2D eigenvalue weighted by molar-refractivity contribution is -0.116. The molecule has 0 saturated carbocycles. The minimum atomic E-state index is -3.13. The molecule has 1 aliphatic heterocycles. The number of amides is 1. The normalized spacial score (nSPS) is 17.2. The first-order valence-electron chi connectivity index (χ1n) is 10.0. The molecule has 0 spiro atoms. The fourth-order valence-electron chi connectivity index (χ4n) is 3.62. The summed E-state index contributed by atoms with van der Waals surface area (Å²) in [6, 6.07) is 16.4. The topological polar surface area (TPSA) is 107 Å². The van der Waals surface area contributed by atoms with Gasteiger partial charge in [0.25, 0.3) is 0 Å². The van der Waals surface area contributed by atoms with Crippen LogP contribution in [0.4, 0.5) is 5.69 Å². The summed E-state index contributed by atoms with van der Waals surface area (Å²) in [5.74, 6) is 0.756. The largest absolute Gasteiger partial charge is 0.497 e. The van der Waals surface area contributed by atoms with Crippen LogP contribution in [-0.2, 0) is 21.2 Å². The van der Waals surface area contributed by atoms with Crippen molar-refractivity contribution in [3.05, 3.63) is 60.2 Å². The second-order valence-electron chi connectivity index (χ2n) is 7.41. The van der Waals surface area contributed by atoms with Crippen molar-refractivity contribution in [3.63, 3.8) is 0 Å². The molecule has 32 heavy (non-hydrogen) atoms. The van der Waals surface area contributed by atoms with Gasteiger partial charge in [-0.3, -0.25) is 4.79 Å². The molecule has 1 fully saturated rings. The second-order valence-corrected chi connectivity index (χ2v) is 10.6. The van der Waals surface area contributed by atoms with Crippen molar-refractivity contribution in [1.29, 1.82) is 0 Å². The zero-order valence-corrected chi connectivity index (χ0v) is 19.1. The van der Waals surface area contributed by atoms with Crippen molar-refractivity contribution < 1.29 is 17.9 Å². The molecule has 2 heterocycles. The van der Waals surface area contributed by atoms with Gasteiger partial charge in [-0.2, -0.15) is 0 Å². The molecule has 0 radical (unpaired) electrons. The summed E-state index contributed by atoms with van der Waals surface area (Å²) < 4.78 is 30.9. The third-order valence-electron chi connectivity index (χ3n) is 5.19. The molecule has 9 nitrogen and oxygen atoms in total. The average molecular weight is 474 g/mol. The van der Waals surface area contributed by atoms with E-state index in [0.717, 1.165) is 11.3 Å². The lowest BCUT2D eigenvalue weighted by atomic mass is 10.2. The zero-order valence-electron chi connectivity index (χ0n) is 17.5. The van der Waals surface area contributed by atoms with Crippen molar-refractivity contribution in [2.24, 2.45) is 0 Å². The third kappa shape index (κ3) is 5.28. The number of aromatic nitrogens is 4. The highest BCUT2D eigenvalue weighted by Gasteiger charge is 2.35. The Labute approximate surface area is 190 Å². The number of anilines is 1. The number of carbonyl (C=O) groups excluding carboxylic acids is 1. The fraction of sp³-hybridized carbons (Fsp3) is 0.333. The summed E-state index contributed by atoms with van der Waals surface area (Å²) in [5, 5.41) is 12.3. The molecular formula is C21H23N5O4S2. The quantitative estimate of drug-likeness (QED) is 0.458. The van der Waals surface area contributed by atoms with Crippen molar-refractivity contribution in [1.82, 2.24) is 20.2 Å². The summed E-state index contributed by atoms with van der Waals surface area (Å²) in [4.78, 5) is 14.8. The summed E-state index contributed by atoms with van der Waals surface area (Å²) in [6.07, 6.45) is 0.433. The molecule has 1 amide bonds. The molecule has 11 heteroatoms. The highest BCUT2D eigenvalue weighted by molar-refractivity contribution is 7.99. The fourth-order valence-corrected chi connectivity index (χ4v) is 6.06. The van der Waals surface area contributed by atoms with Gasteiger partial charge in [-0.1, -0.05) is 42.1 Å². The van der Waals surface area contributed by atoms with Gasteiger partial charge >= 0.3 is 0 Å². The second kappa shape index (κ2) is 9.70. The number of ether oxygens (including phenoxy) is 1. The van der Waals surface area contributed by atoms with Gasteiger partial charge in [-0.05, 0) is 46.7 Å². The minimum Gasteiger partial charge on any atom is -0.497 e. The van der Waals surface area contributed by atoms with E-state index >= 15 is 0 Å². The number of hydrogen-bond donors (Lipinski definition) is 0.